The molecule has 0 atom stereocenters. The summed E-state index contributed by atoms with van der Waals surface area (Å²) in [6, 6.07) is 1.76. The summed E-state index contributed by atoms with van der Waals surface area (Å²) in [5.74, 6) is 0.562. The molecule has 0 amide bonds. The van der Waals surface area contributed by atoms with Crippen LogP contribution >= 0.6 is 15.9 Å². The molecular formula is C10H14BrF2N3. The third-order valence-corrected chi connectivity index (χ3v) is 2.46. The van der Waals surface area contributed by atoms with Crippen molar-refractivity contribution in [3.8, 4) is 0 Å². The molecule has 0 saturated heterocycles. The van der Waals surface area contributed by atoms with Gasteiger partial charge in [-0.2, -0.15) is 0 Å². The minimum absolute atomic E-state index is 0.300. The number of alkyl halides is 3. The minimum atomic E-state index is -2.36. The van der Waals surface area contributed by atoms with Crippen LogP contribution in [0.5, 0.6) is 0 Å². The summed E-state index contributed by atoms with van der Waals surface area (Å²) in [4.78, 5) is 9.62. The molecule has 0 bridgehead atoms. The van der Waals surface area contributed by atoms with Gasteiger partial charge in [0, 0.05) is 23.6 Å². The van der Waals surface area contributed by atoms with Crippen molar-refractivity contribution in [2.45, 2.75) is 19.8 Å². The van der Waals surface area contributed by atoms with Crippen LogP contribution in [0.15, 0.2) is 12.4 Å². The van der Waals surface area contributed by atoms with Crippen LogP contribution in [0.25, 0.3) is 0 Å². The van der Waals surface area contributed by atoms with Gasteiger partial charge in [0.15, 0.2) is 0 Å². The fourth-order valence-electron chi connectivity index (χ4n) is 1.32. The van der Waals surface area contributed by atoms with E-state index in [-0.39, 0.29) is 6.54 Å². The van der Waals surface area contributed by atoms with E-state index in [9.17, 15) is 8.78 Å². The molecule has 0 unspecified atom stereocenters. The number of hydrogen-bond donors (Lipinski definition) is 0. The molecule has 0 spiro atoms. The first-order chi connectivity index (χ1) is 7.67. The van der Waals surface area contributed by atoms with Gasteiger partial charge >= 0.3 is 0 Å². The largest absolute Gasteiger partial charge is 0.350 e. The van der Waals surface area contributed by atoms with Gasteiger partial charge in [-0.1, -0.05) is 22.9 Å². The van der Waals surface area contributed by atoms with E-state index in [1.165, 1.54) is 6.33 Å². The Morgan fingerprint density at radius 3 is 2.75 bits per heavy atom. The van der Waals surface area contributed by atoms with E-state index in [2.05, 4.69) is 25.9 Å². The lowest BCUT2D eigenvalue weighted by molar-refractivity contribution is 0.155. The number of hydrogen-bond acceptors (Lipinski definition) is 3. The van der Waals surface area contributed by atoms with Gasteiger partial charge < -0.3 is 4.90 Å². The lowest BCUT2D eigenvalue weighted by Crippen LogP contribution is -2.31. The third kappa shape index (κ3) is 4.00. The van der Waals surface area contributed by atoms with E-state index in [0.29, 0.717) is 17.7 Å². The number of aromatic nitrogens is 2. The van der Waals surface area contributed by atoms with Gasteiger partial charge in [-0.25, -0.2) is 18.7 Å². The summed E-state index contributed by atoms with van der Waals surface area (Å²) in [5, 5.41) is 0.630. The number of nitrogens with zero attached hydrogens (tertiary/aromatic N) is 3. The second-order valence-corrected chi connectivity index (χ2v) is 4.04. The normalized spacial score (nSPS) is 10.8. The first-order valence-electron chi connectivity index (χ1n) is 5.07. The predicted molar refractivity (Wildman–Crippen MR) is 63.4 cm³/mol. The standard InChI is InChI=1S/C10H14BrF2N3/c1-2-8-5-10(15-7-14-8)16(4-3-11)6-9(12)13/h5,7,9H,2-4,6H2,1H3. The highest BCUT2D eigenvalue weighted by Gasteiger charge is 2.13. The van der Waals surface area contributed by atoms with Crippen molar-refractivity contribution < 1.29 is 8.78 Å². The fraction of sp³-hybridized carbons (Fsp3) is 0.600. The Balaban J connectivity index is 2.82. The van der Waals surface area contributed by atoms with E-state index in [1.807, 2.05) is 6.92 Å². The maximum Gasteiger partial charge on any atom is 0.255 e. The van der Waals surface area contributed by atoms with Gasteiger partial charge in [-0.05, 0) is 6.42 Å². The van der Waals surface area contributed by atoms with Crippen LogP contribution in [-0.4, -0.2) is 34.8 Å². The number of aryl methyl sites for hydroxylation is 1. The molecule has 0 aliphatic heterocycles. The molecule has 0 aromatic carbocycles. The van der Waals surface area contributed by atoms with Crippen molar-refractivity contribution >= 4 is 21.7 Å². The molecular weight excluding hydrogens is 280 g/mol. The van der Waals surface area contributed by atoms with Crippen LogP contribution in [0.1, 0.15) is 12.6 Å². The molecule has 0 aliphatic carbocycles. The van der Waals surface area contributed by atoms with Gasteiger partial charge in [-0.15, -0.1) is 0 Å². The van der Waals surface area contributed by atoms with Crippen LogP contribution in [-0.2, 0) is 6.42 Å². The molecule has 0 fully saturated rings. The van der Waals surface area contributed by atoms with Gasteiger partial charge in [0.1, 0.15) is 12.1 Å². The van der Waals surface area contributed by atoms with Crippen LogP contribution in [0.4, 0.5) is 14.6 Å². The van der Waals surface area contributed by atoms with Crippen LogP contribution in [0, 0.1) is 0 Å². The molecule has 1 aromatic heterocycles. The van der Waals surface area contributed by atoms with Crippen LogP contribution in [0.3, 0.4) is 0 Å². The average molecular weight is 294 g/mol. The van der Waals surface area contributed by atoms with Gasteiger partial charge in [0.2, 0.25) is 0 Å². The third-order valence-electron chi connectivity index (χ3n) is 2.11. The van der Waals surface area contributed by atoms with Crippen molar-refractivity contribution in [1.82, 2.24) is 9.97 Å². The molecule has 0 aliphatic rings. The minimum Gasteiger partial charge on any atom is -0.350 e. The summed E-state index contributed by atoms with van der Waals surface area (Å²) < 4.78 is 24.8. The molecule has 90 valence electrons. The quantitative estimate of drug-likeness (QED) is 0.755. The van der Waals surface area contributed by atoms with E-state index in [0.717, 1.165) is 12.1 Å². The second kappa shape index (κ2) is 6.73. The zero-order valence-corrected chi connectivity index (χ0v) is 10.6. The molecule has 6 heteroatoms. The molecule has 0 N–H and O–H groups in total. The summed E-state index contributed by atoms with van der Waals surface area (Å²) >= 11 is 3.24. The Morgan fingerprint density at radius 2 is 2.19 bits per heavy atom. The van der Waals surface area contributed by atoms with Gasteiger partial charge in [0.25, 0.3) is 6.43 Å². The molecule has 1 aromatic rings. The molecule has 1 heterocycles. The van der Waals surface area contributed by atoms with Gasteiger partial charge in [-0.3, -0.25) is 0 Å². The Morgan fingerprint density at radius 1 is 1.44 bits per heavy atom. The molecule has 3 nitrogen and oxygen atoms in total. The zero-order chi connectivity index (χ0) is 12.0. The first-order valence-corrected chi connectivity index (χ1v) is 6.19. The average Bonchev–Trinajstić information content (AvgIpc) is 2.28. The SMILES string of the molecule is CCc1cc(N(CCBr)CC(F)F)ncn1. The van der Waals surface area contributed by atoms with Crippen molar-refractivity contribution in [2.24, 2.45) is 0 Å². The first kappa shape index (κ1) is 13.3. The van der Waals surface area contributed by atoms with E-state index in [4.69, 9.17) is 0 Å². The van der Waals surface area contributed by atoms with E-state index in [1.54, 1.807) is 11.0 Å². The Labute approximate surface area is 102 Å². The van der Waals surface area contributed by atoms with E-state index >= 15 is 0 Å². The number of anilines is 1. The molecule has 16 heavy (non-hydrogen) atoms. The monoisotopic (exact) mass is 293 g/mol. The Kier molecular flexibility index (Phi) is 5.59. The highest BCUT2D eigenvalue weighted by molar-refractivity contribution is 9.09. The topological polar surface area (TPSA) is 29.0 Å². The van der Waals surface area contributed by atoms with E-state index < -0.39 is 6.43 Å². The predicted octanol–water partition coefficient (Wildman–Crippen LogP) is 2.51. The lowest BCUT2D eigenvalue weighted by atomic mass is 10.3. The van der Waals surface area contributed by atoms with Crippen LogP contribution in [0.2, 0.25) is 0 Å². The summed E-state index contributed by atoms with van der Waals surface area (Å²) in [6.07, 6.45) is -0.174. The summed E-state index contributed by atoms with van der Waals surface area (Å²) in [6.45, 7) is 2.17. The summed E-state index contributed by atoms with van der Waals surface area (Å²) in [7, 11) is 0. The summed E-state index contributed by atoms with van der Waals surface area (Å²) in [5.41, 5.74) is 0.860. The second-order valence-electron chi connectivity index (χ2n) is 3.25. The van der Waals surface area contributed by atoms with Crippen molar-refractivity contribution in [2.75, 3.05) is 23.3 Å². The molecule has 1 rings (SSSR count). The highest BCUT2D eigenvalue weighted by atomic mass is 79.9. The molecule has 0 radical (unpaired) electrons. The van der Waals surface area contributed by atoms with Crippen molar-refractivity contribution in [3.05, 3.63) is 18.1 Å². The number of rotatable bonds is 6. The lowest BCUT2D eigenvalue weighted by Gasteiger charge is -2.22. The van der Waals surface area contributed by atoms with Crippen LogP contribution < -0.4 is 4.90 Å². The van der Waals surface area contributed by atoms with Crippen molar-refractivity contribution in [3.63, 3.8) is 0 Å². The maximum absolute atomic E-state index is 12.4. The smallest absolute Gasteiger partial charge is 0.255 e. The Bertz CT molecular complexity index is 323. The van der Waals surface area contributed by atoms with Gasteiger partial charge in [0.05, 0.1) is 6.54 Å². The highest BCUT2D eigenvalue weighted by Crippen LogP contribution is 2.13. The number of halogens is 3. The molecule has 0 saturated carbocycles. The maximum atomic E-state index is 12.4. The van der Waals surface area contributed by atoms with Crippen molar-refractivity contribution in [1.29, 1.82) is 0 Å². The Hall–Kier alpha value is -0.780. The zero-order valence-electron chi connectivity index (χ0n) is 9.04. The fourth-order valence-corrected chi connectivity index (χ4v) is 1.75.